The highest BCUT2D eigenvalue weighted by Crippen LogP contribution is 2.21. The van der Waals surface area contributed by atoms with Crippen LogP contribution in [0.5, 0.6) is 0 Å². The number of carbonyl (C=O) groups excluding carboxylic acids is 6. The van der Waals surface area contributed by atoms with Crippen LogP contribution in [0.1, 0.15) is 104 Å². The molecular weight excluding hydrogens is 799 g/mol. The molecule has 0 radical (unpaired) electrons. The van der Waals surface area contributed by atoms with Crippen LogP contribution in [-0.4, -0.2) is 123 Å². The molecule has 61 heavy (non-hydrogen) atoms. The van der Waals surface area contributed by atoms with Crippen LogP contribution in [0.3, 0.4) is 0 Å². The average Bonchev–Trinajstić information content (AvgIpc) is 3.14. The van der Waals surface area contributed by atoms with Crippen molar-refractivity contribution in [3.63, 3.8) is 0 Å². The molecule has 0 saturated heterocycles. The lowest BCUT2D eigenvalue weighted by atomic mass is 9.83. The number of hydrogen-bond donors (Lipinski definition) is 11. The van der Waals surface area contributed by atoms with E-state index in [-0.39, 0.29) is 31.6 Å². The maximum absolute atomic E-state index is 14.2. The van der Waals surface area contributed by atoms with Crippen LogP contribution in [0.2, 0.25) is 6.32 Å². The molecule has 0 unspecified atom stereocenters. The van der Waals surface area contributed by atoms with Crippen molar-refractivity contribution in [3.05, 3.63) is 35.4 Å². The van der Waals surface area contributed by atoms with Gasteiger partial charge in [0.15, 0.2) is 0 Å². The summed E-state index contributed by atoms with van der Waals surface area (Å²) in [5.74, 6) is -9.43. The summed E-state index contributed by atoms with van der Waals surface area (Å²) >= 11 is 0. The predicted molar refractivity (Wildman–Crippen MR) is 221 cm³/mol. The maximum atomic E-state index is 14.2. The Balaban J connectivity index is 3.44. The second-order valence-electron chi connectivity index (χ2n) is 16.4. The van der Waals surface area contributed by atoms with E-state index in [0.717, 1.165) is 5.56 Å². The summed E-state index contributed by atoms with van der Waals surface area (Å²) in [4.78, 5) is 115. The topological polar surface area (TPSA) is 327 Å². The minimum absolute atomic E-state index is 0.0272. The molecule has 0 bridgehead atoms. The number of carbonyl (C=O) groups is 9. The molecule has 6 amide bonds. The fourth-order valence-electron chi connectivity index (χ4n) is 6.06. The zero-order chi connectivity index (χ0) is 46.4. The Kier molecular flexibility index (Phi) is 23.3. The molecule has 11 N–H and O–H groups in total. The van der Waals surface area contributed by atoms with Gasteiger partial charge in [-0.15, -0.1) is 0 Å². The largest absolute Gasteiger partial charge is 0.481 e. The van der Waals surface area contributed by atoms with E-state index < -0.39 is 128 Å². The van der Waals surface area contributed by atoms with Crippen molar-refractivity contribution < 1.29 is 68.5 Å². The van der Waals surface area contributed by atoms with E-state index in [1.165, 1.54) is 0 Å². The molecule has 1 aromatic carbocycles. The van der Waals surface area contributed by atoms with Crippen LogP contribution in [0.25, 0.3) is 0 Å². The number of rotatable bonds is 28. The Morgan fingerprint density at radius 2 is 1.21 bits per heavy atom. The molecule has 340 valence electrons. The summed E-state index contributed by atoms with van der Waals surface area (Å²) in [5.41, 5.74) is 0.385. The molecule has 0 aliphatic rings. The molecule has 20 nitrogen and oxygen atoms in total. The van der Waals surface area contributed by atoms with Gasteiger partial charge >= 0.3 is 25.0 Å². The number of nitrogens with one attached hydrogen (secondary N) is 6. The Bertz CT molecular complexity index is 1680. The lowest BCUT2D eigenvalue weighted by Crippen LogP contribution is -2.62. The Hall–Kier alpha value is -5.57. The smallest absolute Gasteiger partial charge is 0.451 e. The third-order valence-electron chi connectivity index (χ3n) is 9.39. The number of carboxylic acids is 3. The normalized spacial score (nSPS) is 13.7. The van der Waals surface area contributed by atoms with Gasteiger partial charge in [0.1, 0.15) is 30.2 Å². The van der Waals surface area contributed by atoms with Gasteiger partial charge in [-0.3, -0.25) is 43.2 Å². The summed E-state index contributed by atoms with van der Waals surface area (Å²) in [7, 11) is -1.41. The number of hydrogen-bond acceptors (Lipinski definition) is 11. The Labute approximate surface area is 355 Å². The van der Waals surface area contributed by atoms with Crippen molar-refractivity contribution in [2.45, 2.75) is 142 Å². The van der Waals surface area contributed by atoms with Crippen molar-refractivity contribution in [2.24, 2.45) is 11.3 Å². The van der Waals surface area contributed by atoms with E-state index in [1.807, 2.05) is 13.8 Å². The van der Waals surface area contributed by atoms with Crippen molar-refractivity contribution in [1.82, 2.24) is 31.9 Å². The molecule has 1 rings (SSSR count). The third-order valence-corrected chi connectivity index (χ3v) is 9.39. The van der Waals surface area contributed by atoms with E-state index in [0.29, 0.717) is 24.8 Å². The van der Waals surface area contributed by atoms with Gasteiger partial charge in [0, 0.05) is 25.8 Å². The monoisotopic (exact) mass is 862 g/mol. The maximum Gasteiger partial charge on any atom is 0.451 e. The van der Waals surface area contributed by atoms with Crippen LogP contribution in [0.4, 0.5) is 0 Å². The number of benzene rings is 1. The molecule has 0 aliphatic heterocycles. The van der Waals surface area contributed by atoms with Gasteiger partial charge in [-0.1, -0.05) is 71.7 Å². The van der Waals surface area contributed by atoms with E-state index in [1.54, 1.807) is 52.0 Å². The van der Waals surface area contributed by atoms with Gasteiger partial charge in [-0.25, -0.2) is 0 Å². The molecule has 0 saturated carbocycles. The van der Waals surface area contributed by atoms with Crippen LogP contribution < -0.4 is 31.9 Å². The third kappa shape index (κ3) is 22.0. The summed E-state index contributed by atoms with van der Waals surface area (Å²) in [6.45, 7) is 10.8. The number of carboxylic acid groups (broad SMARTS) is 3. The first kappa shape index (κ1) is 53.5. The number of aliphatic carboxylic acids is 3. The first-order chi connectivity index (χ1) is 28.4. The number of aryl methyl sites for hydroxylation is 1. The molecular formula is C40H63BN6O14. The molecule has 0 aliphatic carbocycles. The predicted octanol–water partition coefficient (Wildman–Crippen LogP) is 0.0173. The van der Waals surface area contributed by atoms with Crippen LogP contribution in [0.15, 0.2) is 24.3 Å². The van der Waals surface area contributed by atoms with Crippen molar-refractivity contribution in [1.29, 1.82) is 0 Å². The van der Waals surface area contributed by atoms with Gasteiger partial charge in [-0.05, 0) is 55.0 Å². The fraction of sp³-hybridized carbons (Fsp3) is 0.625. The van der Waals surface area contributed by atoms with E-state index in [2.05, 4.69) is 31.9 Å². The van der Waals surface area contributed by atoms with Crippen molar-refractivity contribution in [2.75, 3.05) is 6.54 Å². The minimum Gasteiger partial charge on any atom is -0.481 e. The number of unbranched alkanes of at least 4 members (excludes halogenated alkanes) is 2. The lowest BCUT2D eigenvalue weighted by Gasteiger charge is -2.33. The fourth-order valence-corrected chi connectivity index (χ4v) is 6.06. The zero-order valence-corrected chi connectivity index (χ0v) is 35.7. The van der Waals surface area contributed by atoms with Gasteiger partial charge < -0.3 is 57.3 Å². The van der Waals surface area contributed by atoms with Gasteiger partial charge in [0.25, 0.3) is 0 Å². The standard InChI is InChI=1S/C40H63BN6O14/c1-23(2)20-27(35(55)42-19-11-7-10-18-41(60)61)46-39(59)34(40(4,5)6)47-38(58)28(21-25-13-9-8-12-24(25)3)45-36(56)26(14-16-31(49)50)44-37(57)29(22-33(53)54)43-30(48)15-17-32(51)52/h8-9,12-13,23,26-29,34,60-61H,7,10-11,14-22H2,1-6H3,(H,42,55)(H,43,48)(H,44,57)(H,45,56)(H,46,59)(H,47,58)(H,49,50)(H,51,52)(H,53,54)/t26-,27-,28-,29-,34+/m0/s1. The van der Waals surface area contributed by atoms with Gasteiger partial charge in [-0.2, -0.15) is 0 Å². The summed E-state index contributed by atoms with van der Waals surface area (Å²) in [6.07, 6.45) is -1.32. The van der Waals surface area contributed by atoms with Crippen LogP contribution >= 0.6 is 0 Å². The second kappa shape index (κ2) is 26.6. The zero-order valence-electron chi connectivity index (χ0n) is 35.7. The molecule has 5 atom stereocenters. The summed E-state index contributed by atoms with van der Waals surface area (Å²) < 4.78 is 0. The first-order valence-corrected chi connectivity index (χ1v) is 20.3. The SMILES string of the molecule is Cc1ccccc1C[C@H](NC(=O)[C@H](CCC(=O)O)NC(=O)[C@H](CC(=O)O)NC(=O)CCC(=O)O)C(=O)N[C@H](C(=O)N[C@@H](CC(C)C)C(=O)NCCCCCB(O)O)C(C)(C)C. The quantitative estimate of drug-likeness (QED) is 0.0391. The number of amides is 6. The highest BCUT2D eigenvalue weighted by atomic mass is 16.4. The van der Waals surface area contributed by atoms with E-state index >= 15 is 0 Å². The second-order valence-corrected chi connectivity index (χ2v) is 16.4. The molecule has 0 spiro atoms. The average molecular weight is 863 g/mol. The summed E-state index contributed by atoms with van der Waals surface area (Å²) in [6, 6.07) is -0.242. The van der Waals surface area contributed by atoms with E-state index in [9.17, 15) is 53.4 Å². The Morgan fingerprint density at radius 3 is 1.77 bits per heavy atom. The van der Waals surface area contributed by atoms with E-state index in [4.69, 9.17) is 15.2 Å². The van der Waals surface area contributed by atoms with Gasteiger partial charge in [0.2, 0.25) is 35.4 Å². The molecule has 1 aromatic rings. The summed E-state index contributed by atoms with van der Waals surface area (Å²) in [5, 5.41) is 61.0. The van der Waals surface area contributed by atoms with Crippen LogP contribution in [0, 0.1) is 18.3 Å². The molecule has 0 heterocycles. The highest BCUT2D eigenvalue weighted by molar-refractivity contribution is 6.40. The molecule has 0 aromatic heterocycles. The molecule has 21 heteroatoms. The van der Waals surface area contributed by atoms with Crippen molar-refractivity contribution >= 4 is 60.5 Å². The minimum atomic E-state index is -1.79. The van der Waals surface area contributed by atoms with Crippen molar-refractivity contribution in [3.8, 4) is 0 Å². The highest BCUT2D eigenvalue weighted by Gasteiger charge is 2.38. The Morgan fingerprint density at radius 1 is 0.639 bits per heavy atom. The first-order valence-electron chi connectivity index (χ1n) is 20.3. The lowest BCUT2D eigenvalue weighted by molar-refractivity contribution is -0.142. The molecule has 0 fully saturated rings. The van der Waals surface area contributed by atoms with Crippen LogP contribution in [-0.2, 0) is 49.6 Å². The van der Waals surface area contributed by atoms with Gasteiger partial charge in [0.05, 0.1) is 12.8 Å².